The summed E-state index contributed by atoms with van der Waals surface area (Å²) in [4.78, 5) is 12.3. The normalized spacial score (nSPS) is 17.6. The first-order valence-corrected chi connectivity index (χ1v) is 10.1. The summed E-state index contributed by atoms with van der Waals surface area (Å²) in [7, 11) is -1.91. The number of amides is 1. The number of piperidine rings is 1. The van der Waals surface area contributed by atoms with Gasteiger partial charge >= 0.3 is 0 Å². The van der Waals surface area contributed by atoms with E-state index < -0.39 is 10.2 Å². The minimum absolute atomic E-state index is 0.0159. The highest BCUT2D eigenvalue weighted by molar-refractivity contribution is 7.86. The Hall–Kier alpha value is -1.44. The molecule has 7 heteroatoms. The molecule has 0 unspecified atom stereocenters. The van der Waals surface area contributed by atoms with Crippen LogP contribution in [-0.4, -0.2) is 48.6 Å². The molecule has 1 aromatic rings. The minimum Gasteiger partial charge on any atom is -0.351 e. The van der Waals surface area contributed by atoms with Gasteiger partial charge in [0.1, 0.15) is 0 Å². The highest BCUT2D eigenvalue weighted by atomic mass is 32.2. The van der Waals surface area contributed by atoms with E-state index in [0.717, 1.165) is 5.56 Å². The van der Waals surface area contributed by atoms with E-state index >= 15 is 0 Å². The van der Waals surface area contributed by atoms with Gasteiger partial charge in [0, 0.05) is 38.1 Å². The summed E-state index contributed by atoms with van der Waals surface area (Å²) in [5.74, 6) is -0.104. The molecule has 0 atom stereocenters. The smallest absolute Gasteiger partial charge is 0.282 e. The van der Waals surface area contributed by atoms with E-state index in [1.807, 2.05) is 51.1 Å². The Balaban J connectivity index is 1.93. The molecule has 140 valence electrons. The summed E-state index contributed by atoms with van der Waals surface area (Å²) in [6.45, 7) is 6.94. The van der Waals surface area contributed by atoms with Gasteiger partial charge in [0.05, 0.1) is 0 Å². The van der Waals surface area contributed by atoms with E-state index in [-0.39, 0.29) is 17.4 Å². The maximum absolute atomic E-state index is 12.7. The molecule has 1 fully saturated rings. The van der Waals surface area contributed by atoms with Gasteiger partial charge in [-0.15, -0.1) is 0 Å². The van der Waals surface area contributed by atoms with Gasteiger partial charge in [0.15, 0.2) is 0 Å². The molecule has 0 aromatic heterocycles. The summed E-state index contributed by atoms with van der Waals surface area (Å²) in [6, 6.07) is 9.53. The number of hydrogen-bond donors (Lipinski definition) is 1. The first-order valence-electron chi connectivity index (χ1n) is 8.67. The molecule has 0 spiro atoms. The maximum atomic E-state index is 12.7. The molecule has 1 saturated heterocycles. The quantitative estimate of drug-likeness (QED) is 0.865. The molecule has 0 aliphatic carbocycles. The Morgan fingerprint density at radius 2 is 1.76 bits per heavy atom. The van der Waals surface area contributed by atoms with Crippen LogP contribution in [0.15, 0.2) is 30.3 Å². The van der Waals surface area contributed by atoms with Gasteiger partial charge in [-0.25, -0.2) is 0 Å². The highest BCUT2D eigenvalue weighted by Gasteiger charge is 2.34. The lowest BCUT2D eigenvalue weighted by Gasteiger charge is -2.34. The van der Waals surface area contributed by atoms with Crippen LogP contribution >= 0.6 is 0 Å². The summed E-state index contributed by atoms with van der Waals surface area (Å²) < 4.78 is 28.3. The second kappa shape index (κ2) is 7.85. The van der Waals surface area contributed by atoms with E-state index in [4.69, 9.17) is 0 Å². The lowest BCUT2D eigenvalue weighted by molar-refractivity contribution is -0.127. The molecule has 0 saturated carbocycles. The summed E-state index contributed by atoms with van der Waals surface area (Å²) >= 11 is 0. The number of rotatable bonds is 5. The SMILES string of the molecule is CN(Cc1ccccc1)S(=O)(=O)N1CCC(C(=O)NC(C)(C)C)CC1. The van der Waals surface area contributed by atoms with Crippen LogP contribution in [0.3, 0.4) is 0 Å². The summed E-state index contributed by atoms with van der Waals surface area (Å²) in [5, 5.41) is 2.98. The van der Waals surface area contributed by atoms with Crippen molar-refractivity contribution < 1.29 is 13.2 Å². The highest BCUT2D eigenvalue weighted by Crippen LogP contribution is 2.22. The fourth-order valence-electron chi connectivity index (χ4n) is 2.94. The van der Waals surface area contributed by atoms with Crippen LogP contribution < -0.4 is 5.32 Å². The van der Waals surface area contributed by atoms with Gasteiger partial charge in [0.25, 0.3) is 10.2 Å². The Kier molecular flexibility index (Phi) is 6.24. The van der Waals surface area contributed by atoms with Crippen molar-refractivity contribution in [1.82, 2.24) is 13.9 Å². The molecule has 1 heterocycles. The van der Waals surface area contributed by atoms with Crippen LogP contribution in [0.5, 0.6) is 0 Å². The second-order valence-electron chi connectivity index (χ2n) is 7.66. The molecule has 0 radical (unpaired) electrons. The number of carbonyl (C=O) groups is 1. The zero-order valence-corrected chi connectivity index (χ0v) is 16.3. The standard InChI is InChI=1S/C18H29N3O3S/c1-18(2,3)19-17(22)16-10-12-21(13-11-16)25(23,24)20(4)14-15-8-6-5-7-9-15/h5-9,16H,10-14H2,1-4H3,(H,19,22). The predicted octanol–water partition coefficient (Wildman–Crippen LogP) is 1.99. The molecule has 1 aliphatic heterocycles. The Morgan fingerprint density at radius 1 is 1.20 bits per heavy atom. The Bertz CT molecular complexity index is 675. The summed E-state index contributed by atoms with van der Waals surface area (Å²) in [6.07, 6.45) is 1.11. The van der Waals surface area contributed by atoms with Crippen molar-refractivity contribution >= 4 is 16.1 Å². The summed E-state index contributed by atoms with van der Waals surface area (Å²) in [5.41, 5.74) is 0.684. The fraction of sp³-hybridized carbons (Fsp3) is 0.611. The zero-order chi connectivity index (χ0) is 18.7. The Morgan fingerprint density at radius 3 is 2.28 bits per heavy atom. The van der Waals surface area contributed by atoms with Crippen LogP contribution in [-0.2, 0) is 21.5 Å². The van der Waals surface area contributed by atoms with Crippen LogP contribution in [0.1, 0.15) is 39.2 Å². The monoisotopic (exact) mass is 367 g/mol. The van der Waals surface area contributed by atoms with Gasteiger partial charge in [-0.2, -0.15) is 17.0 Å². The third kappa shape index (κ3) is 5.52. The second-order valence-corrected chi connectivity index (χ2v) is 9.70. The third-order valence-corrected chi connectivity index (χ3v) is 6.23. The van der Waals surface area contributed by atoms with E-state index in [2.05, 4.69) is 5.32 Å². The molecule has 6 nitrogen and oxygen atoms in total. The van der Waals surface area contributed by atoms with E-state index in [9.17, 15) is 13.2 Å². The predicted molar refractivity (Wildman–Crippen MR) is 99.0 cm³/mol. The first-order chi connectivity index (χ1) is 11.6. The van der Waals surface area contributed by atoms with Gasteiger partial charge in [-0.1, -0.05) is 30.3 Å². The van der Waals surface area contributed by atoms with Gasteiger partial charge < -0.3 is 5.32 Å². The fourth-order valence-corrected chi connectivity index (χ4v) is 4.32. The van der Waals surface area contributed by atoms with E-state index in [1.54, 1.807) is 7.05 Å². The average molecular weight is 368 g/mol. The van der Waals surface area contributed by atoms with Crippen molar-refractivity contribution in [2.45, 2.75) is 45.7 Å². The van der Waals surface area contributed by atoms with Crippen molar-refractivity contribution in [3.63, 3.8) is 0 Å². The van der Waals surface area contributed by atoms with Crippen molar-refractivity contribution in [3.05, 3.63) is 35.9 Å². The molecule has 1 N–H and O–H groups in total. The van der Waals surface area contributed by atoms with Crippen LogP contribution in [0.4, 0.5) is 0 Å². The lowest BCUT2D eigenvalue weighted by Crippen LogP contribution is -2.49. The third-order valence-electron chi connectivity index (χ3n) is 4.29. The Labute approximate surface area is 151 Å². The average Bonchev–Trinajstić information content (AvgIpc) is 2.54. The van der Waals surface area contributed by atoms with Crippen LogP contribution in [0, 0.1) is 5.92 Å². The maximum Gasteiger partial charge on any atom is 0.282 e. The number of nitrogens with one attached hydrogen (secondary N) is 1. The van der Waals surface area contributed by atoms with Crippen molar-refractivity contribution in [2.24, 2.45) is 5.92 Å². The van der Waals surface area contributed by atoms with E-state index in [1.165, 1.54) is 8.61 Å². The molecule has 1 amide bonds. The zero-order valence-electron chi connectivity index (χ0n) is 15.5. The van der Waals surface area contributed by atoms with Gasteiger partial charge in [-0.05, 0) is 39.2 Å². The lowest BCUT2D eigenvalue weighted by atomic mass is 9.96. The minimum atomic E-state index is -3.51. The van der Waals surface area contributed by atoms with Crippen molar-refractivity contribution in [3.8, 4) is 0 Å². The molecular formula is C18H29N3O3S. The van der Waals surface area contributed by atoms with Gasteiger partial charge in [-0.3, -0.25) is 4.79 Å². The number of hydrogen-bond acceptors (Lipinski definition) is 3. The molecule has 0 bridgehead atoms. The van der Waals surface area contributed by atoms with Gasteiger partial charge in [0.2, 0.25) is 5.91 Å². The molecule has 1 aromatic carbocycles. The number of benzene rings is 1. The number of carbonyl (C=O) groups excluding carboxylic acids is 1. The molecule has 1 aliphatic rings. The van der Waals surface area contributed by atoms with Crippen LogP contribution in [0.2, 0.25) is 0 Å². The van der Waals surface area contributed by atoms with E-state index in [0.29, 0.717) is 32.5 Å². The van der Waals surface area contributed by atoms with Crippen molar-refractivity contribution in [2.75, 3.05) is 20.1 Å². The topological polar surface area (TPSA) is 69.7 Å². The number of nitrogens with zero attached hydrogens (tertiary/aromatic N) is 2. The molecular weight excluding hydrogens is 338 g/mol. The largest absolute Gasteiger partial charge is 0.351 e. The van der Waals surface area contributed by atoms with Crippen LogP contribution in [0.25, 0.3) is 0 Å². The first kappa shape index (κ1) is 19.9. The molecule has 25 heavy (non-hydrogen) atoms. The van der Waals surface area contributed by atoms with Crippen molar-refractivity contribution in [1.29, 1.82) is 0 Å². The molecule has 2 rings (SSSR count).